The van der Waals surface area contributed by atoms with Crippen molar-refractivity contribution < 1.29 is 0 Å². The Morgan fingerprint density at radius 2 is 2.06 bits per heavy atom. The van der Waals surface area contributed by atoms with Gasteiger partial charge in [0.1, 0.15) is 0 Å². The molecule has 1 fully saturated rings. The second-order valence-corrected chi connectivity index (χ2v) is 4.46. The molecule has 1 aliphatic heterocycles. The SMILES string of the molecule is N#C/C=C/[C@H]1[C@@H](C#N)CCN1Cc1ccccc1. The Morgan fingerprint density at radius 3 is 2.72 bits per heavy atom. The molecule has 0 spiro atoms. The zero-order valence-electron chi connectivity index (χ0n) is 10.2. The van der Waals surface area contributed by atoms with E-state index in [1.54, 1.807) is 0 Å². The summed E-state index contributed by atoms with van der Waals surface area (Å²) in [6.07, 6.45) is 4.21. The number of rotatable bonds is 3. The first-order valence-corrected chi connectivity index (χ1v) is 6.09. The summed E-state index contributed by atoms with van der Waals surface area (Å²) in [5, 5.41) is 17.7. The zero-order valence-corrected chi connectivity index (χ0v) is 10.2. The van der Waals surface area contributed by atoms with Crippen molar-refractivity contribution in [2.45, 2.75) is 19.0 Å². The number of benzene rings is 1. The Hall–Kier alpha value is -2.10. The van der Waals surface area contributed by atoms with Gasteiger partial charge in [-0.25, -0.2) is 0 Å². The minimum atomic E-state index is -0.00156. The Morgan fingerprint density at radius 1 is 1.28 bits per heavy atom. The molecule has 1 heterocycles. The predicted octanol–water partition coefficient (Wildman–Crippen LogP) is 2.48. The highest BCUT2D eigenvalue weighted by molar-refractivity contribution is 5.18. The summed E-state index contributed by atoms with van der Waals surface area (Å²) in [4.78, 5) is 2.26. The van der Waals surface area contributed by atoms with Crippen LogP contribution in [-0.2, 0) is 6.54 Å². The van der Waals surface area contributed by atoms with E-state index in [9.17, 15) is 0 Å². The van der Waals surface area contributed by atoms with Crippen LogP contribution in [0.5, 0.6) is 0 Å². The molecular weight excluding hydrogens is 222 g/mol. The number of nitrogens with zero attached hydrogens (tertiary/aromatic N) is 3. The van der Waals surface area contributed by atoms with Gasteiger partial charge in [-0.05, 0) is 12.0 Å². The number of likely N-dealkylation sites (tertiary alicyclic amines) is 1. The van der Waals surface area contributed by atoms with Crippen LogP contribution in [0.15, 0.2) is 42.5 Å². The summed E-state index contributed by atoms with van der Waals surface area (Å²) in [5.41, 5.74) is 1.24. The van der Waals surface area contributed by atoms with E-state index in [1.165, 1.54) is 11.6 Å². The molecule has 1 saturated heterocycles. The first kappa shape index (κ1) is 12.4. The second kappa shape index (κ2) is 6.00. The van der Waals surface area contributed by atoms with E-state index in [-0.39, 0.29) is 12.0 Å². The fourth-order valence-corrected chi connectivity index (χ4v) is 2.42. The van der Waals surface area contributed by atoms with E-state index in [1.807, 2.05) is 30.3 Å². The molecule has 3 nitrogen and oxygen atoms in total. The van der Waals surface area contributed by atoms with Crippen LogP contribution >= 0.6 is 0 Å². The van der Waals surface area contributed by atoms with E-state index in [0.717, 1.165) is 19.5 Å². The number of allylic oxidation sites excluding steroid dienone is 1. The van der Waals surface area contributed by atoms with Crippen LogP contribution in [0.3, 0.4) is 0 Å². The van der Waals surface area contributed by atoms with Crippen molar-refractivity contribution >= 4 is 0 Å². The highest BCUT2D eigenvalue weighted by Crippen LogP contribution is 2.26. The van der Waals surface area contributed by atoms with E-state index in [2.05, 4.69) is 23.1 Å². The quantitative estimate of drug-likeness (QED) is 0.759. The zero-order chi connectivity index (χ0) is 12.8. The van der Waals surface area contributed by atoms with Gasteiger partial charge in [0.05, 0.1) is 18.1 Å². The van der Waals surface area contributed by atoms with Gasteiger partial charge in [0.2, 0.25) is 0 Å². The molecule has 90 valence electrons. The van der Waals surface area contributed by atoms with Crippen LogP contribution in [0.25, 0.3) is 0 Å². The van der Waals surface area contributed by atoms with Crippen molar-refractivity contribution in [3.05, 3.63) is 48.0 Å². The molecular formula is C15H15N3. The Balaban J connectivity index is 2.10. The first-order valence-electron chi connectivity index (χ1n) is 6.09. The van der Waals surface area contributed by atoms with Crippen molar-refractivity contribution in [1.82, 2.24) is 4.90 Å². The third-order valence-corrected chi connectivity index (χ3v) is 3.32. The van der Waals surface area contributed by atoms with Crippen molar-refractivity contribution in [3.63, 3.8) is 0 Å². The largest absolute Gasteiger partial charge is 0.291 e. The number of nitriles is 2. The van der Waals surface area contributed by atoms with Crippen molar-refractivity contribution in [3.8, 4) is 12.1 Å². The summed E-state index contributed by atoms with van der Waals surface area (Å²) < 4.78 is 0. The molecule has 0 aliphatic carbocycles. The van der Waals surface area contributed by atoms with Gasteiger partial charge in [0.15, 0.2) is 0 Å². The third kappa shape index (κ3) is 2.77. The fraction of sp³-hybridized carbons (Fsp3) is 0.333. The van der Waals surface area contributed by atoms with E-state index in [0.29, 0.717) is 0 Å². The minimum Gasteiger partial charge on any atom is -0.291 e. The molecule has 0 unspecified atom stereocenters. The molecule has 1 aliphatic rings. The lowest BCUT2D eigenvalue weighted by Crippen LogP contribution is -2.30. The molecule has 1 aromatic carbocycles. The van der Waals surface area contributed by atoms with E-state index in [4.69, 9.17) is 10.5 Å². The average molecular weight is 237 g/mol. The molecule has 0 amide bonds. The maximum Gasteiger partial charge on any atom is 0.0909 e. The monoisotopic (exact) mass is 237 g/mol. The lowest BCUT2D eigenvalue weighted by atomic mass is 10.0. The molecule has 1 aromatic rings. The summed E-state index contributed by atoms with van der Waals surface area (Å²) in [7, 11) is 0. The molecule has 0 radical (unpaired) electrons. The van der Waals surface area contributed by atoms with Gasteiger partial charge < -0.3 is 0 Å². The van der Waals surface area contributed by atoms with Gasteiger partial charge >= 0.3 is 0 Å². The summed E-state index contributed by atoms with van der Waals surface area (Å²) in [6, 6.07) is 14.6. The van der Waals surface area contributed by atoms with Crippen LogP contribution in [0, 0.1) is 28.6 Å². The van der Waals surface area contributed by atoms with Crippen LogP contribution in [-0.4, -0.2) is 17.5 Å². The molecule has 0 bridgehead atoms. The van der Waals surface area contributed by atoms with Gasteiger partial charge in [-0.2, -0.15) is 10.5 Å². The topological polar surface area (TPSA) is 50.8 Å². The summed E-state index contributed by atoms with van der Waals surface area (Å²) >= 11 is 0. The molecule has 18 heavy (non-hydrogen) atoms. The first-order chi connectivity index (χ1) is 8.85. The van der Waals surface area contributed by atoms with Gasteiger partial charge in [0.25, 0.3) is 0 Å². The van der Waals surface area contributed by atoms with Crippen LogP contribution < -0.4 is 0 Å². The molecule has 3 heteroatoms. The highest BCUT2D eigenvalue weighted by Gasteiger charge is 2.32. The smallest absolute Gasteiger partial charge is 0.0909 e. The van der Waals surface area contributed by atoms with E-state index >= 15 is 0 Å². The lowest BCUT2D eigenvalue weighted by Gasteiger charge is -2.22. The maximum atomic E-state index is 9.13. The normalized spacial score (nSPS) is 23.9. The van der Waals surface area contributed by atoms with Crippen LogP contribution in [0.4, 0.5) is 0 Å². The van der Waals surface area contributed by atoms with Crippen molar-refractivity contribution in [1.29, 1.82) is 10.5 Å². The number of hydrogen-bond donors (Lipinski definition) is 0. The van der Waals surface area contributed by atoms with Crippen molar-refractivity contribution in [2.24, 2.45) is 5.92 Å². The molecule has 0 N–H and O–H groups in total. The summed E-state index contributed by atoms with van der Waals surface area (Å²) in [6.45, 7) is 1.74. The van der Waals surface area contributed by atoms with Gasteiger partial charge in [0, 0.05) is 25.2 Å². The maximum absolute atomic E-state index is 9.13. The number of hydrogen-bond acceptors (Lipinski definition) is 3. The molecule has 0 saturated carbocycles. The Bertz CT molecular complexity index is 493. The van der Waals surface area contributed by atoms with Crippen LogP contribution in [0.1, 0.15) is 12.0 Å². The fourth-order valence-electron chi connectivity index (χ4n) is 2.42. The second-order valence-electron chi connectivity index (χ2n) is 4.46. The minimum absolute atomic E-state index is 0.00156. The van der Waals surface area contributed by atoms with Crippen molar-refractivity contribution in [2.75, 3.05) is 6.54 Å². The predicted molar refractivity (Wildman–Crippen MR) is 69.1 cm³/mol. The molecule has 0 aromatic heterocycles. The highest BCUT2D eigenvalue weighted by atomic mass is 15.2. The lowest BCUT2D eigenvalue weighted by molar-refractivity contribution is 0.270. The van der Waals surface area contributed by atoms with Gasteiger partial charge in [-0.15, -0.1) is 0 Å². The Kier molecular flexibility index (Phi) is 4.12. The molecule has 2 atom stereocenters. The standard InChI is InChI=1S/C15H15N3/c16-9-4-7-15-14(11-17)8-10-18(15)12-13-5-2-1-3-6-13/h1-7,14-15H,8,10,12H2/b7-4+/t14-,15+/m1/s1. The summed E-state index contributed by atoms with van der Waals surface area (Å²) in [5.74, 6) is -0.00156. The third-order valence-electron chi connectivity index (χ3n) is 3.32. The van der Waals surface area contributed by atoms with E-state index < -0.39 is 0 Å². The Labute approximate surface area is 108 Å². The van der Waals surface area contributed by atoms with Gasteiger partial charge in [-0.3, -0.25) is 4.90 Å². The van der Waals surface area contributed by atoms with Gasteiger partial charge in [-0.1, -0.05) is 36.4 Å². The molecule has 2 rings (SSSR count). The van der Waals surface area contributed by atoms with Crippen LogP contribution in [0.2, 0.25) is 0 Å². The average Bonchev–Trinajstić information content (AvgIpc) is 2.79.